The van der Waals surface area contributed by atoms with Crippen LogP contribution in [0, 0.1) is 0 Å². The molecule has 0 aliphatic carbocycles. The number of carbonyl (C=O) groups excluding carboxylic acids is 2. The van der Waals surface area contributed by atoms with Crippen LogP contribution in [0.1, 0.15) is 10.4 Å². The minimum atomic E-state index is -1.07. The molecule has 0 radical (unpaired) electrons. The molecule has 1 aromatic rings. The van der Waals surface area contributed by atoms with Gasteiger partial charge < -0.3 is 15.6 Å². The molecule has 17 heavy (non-hydrogen) atoms. The molecule has 0 fully saturated rings. The zero-order chi connectivity index (χ0) is 12.8. The van der Waals surface area contributed by atoms with Crippen molar-refractivity contribution in [3.8, 4) is 5.75 Å². The number of amides is 1. The van der Waals surface area contributed by atoms with Crippen molar-refractivity contribution in [1.29, 1.82) is 0 Å². The number of aromatic carboxylic acids is 1. The lowest BCUT2D eigenvalue weighted by Crippen LogP contribution is -2.09. The second-order valence-electron chi connectivity index (χ2n) is 2.99. The maximum atomic E-state index is 11.1. The molecule has 0 atom stereocenters. The number of carboxylic acid groups (broad SMARTS) is 1. The molecule has 1 rings (SSSR count). The summed E-state index contributed by atoms with van der Waals surface area (Å²) < 4.78 is 4.77. The van der Waals surface area contributed by atoms with E-state index in [-0.39, 0.29) is 11.3 Å². The summed E-state index contributed by atoms with van der Waals surface area (Å²) in [6.45, 7) is 0. The Hall–Kier alpha value is -2.63. The first-order valence-corrected chi connectivity index (χ1v) is 4.51. The molecule has 0 heterocycles. The summed E-state index contributed by atoms with van der Waals surface area (Å²) >= 11 is 0. The summed E-state index contributed by atoms with van der Waals surface area (Å²) in [4.78, 5) is 32.0. The molecule has 3 N–H and O–H groups in total. The summed E-state index contributed by atoms with van der Waals surface area (Å²) in [5.41, 5.74) is 4.87. The summed E-state index contributed by atoms with van der Waals surface area (Å²) in [7, 11) is 0. The number of hydrogen-bond acceptors (Lipinski definition) is 4. The monoisotopic (exact) mass is 235 g/mol. The zero-order valence-corrected chi connectivity index (χ0v) is 8.62. The van der Waals surface area contributed by atoms with Crippen LogP contribution in [0.4, 0.5) is 0 Å². The van der Waals surface area contributed by atoms with Crippen LogP contribution in [0.15, 0.2) is 36.4 Å². The van der Waals surface area contributed by atoms with E-state index >= 15 is 0 Å². The molecular formula is C11H9NO5. The molecular weight excluding hydrogens is 226 g/mol. The van der Waals surface area contributed by atoms with Gasteiger partial charge in [-0.15, -0.1) is 0 Å². The zero-order valence-electron chi connectivity index (χ0n) is 8.62. The Labute approximate surface area is 96.3 Å². The predicted octanol–water partition coefficient (Wildman–Crippen LogP) is 0.332. The van der Waals surface area contributed by atoms with Crippen LogP contribution >= 0.6 is 0 Å². The molecule has 1 aromatic carbocycles. The molecule has 0 aromatic heterocycles. The van der Waals surface area contributed by atoms with Crippen molar-refractivity contribution in [3.05, 3.63) is 42.0 Å². The first kappa shape index (κ1) is 12.4. The van der Waals surface area contributed by atoms with Gasteiger partial charge in [0.1, 0.15) is 5.75 Å². The molecule has 0 aliphatic heterocycles. The van der Waals surface area contributed by atoms with Gasteiger partial charge in [0, 0.05) is 12.2 Å². The summed E-state index contributed by atoms with van der Waals surface area (Å²) in [5, 5.41) is 8.63. The van der Waals surface area contributed by atoms with Crippen LogP contribution in [-0.2, 0) is 9.59 Å². The van der Waals surface area contributed by atoms with E-state index in [2.05, 4.69) is 0 Å². The number of rotatable bonds is 4. The van der Waals surface area contributed by atoms with E-state index in [4.69, 9.17) is 15.6 Å². The van der Waals surface area contributed by atoms with Crippen LogP contribution in [-0.4, -0.2) is 23.0 Å². The topological polar surface area (TPSA) is 107 Å². The van der Waals surface area contributed by atoms with Crippen molar-refractivity contribution in [2.75, 3.05) is 0 Å². The Morgan fingerprint density at radius 2 is 1.71 bits per heavy atom. The van der Waals surface area contributed by atoms with E-state index in [0.29, 0.717) is 0 Å². The molecule has 0 saturated heterocycles. The highest BCUT2D eigenvalue weighted by molar-refractivity contribution is 5.94. The Kier molecular flexibility index (Phi) is 3.99. The fourth-order valence-corrected chi connectivity index (χ4v) is 0.966. The number of primary amides is 1. The van der Waals surface area contributed by atoms with Crippen LogP contribution in [0.2, 0.25) is 0 Å². The van der Waals surface area contributed by atoms with Crippen molar-refractivity contribution in [2.45, 2.75) is 0 Å². The highest BCUT2D eigenvalue weighted by atomic mass is 16.5. The number of carbonyl (C=O) groups is 3. The van der Waals surface area contributed by atoms with Crippen LogP contribution in [0.3, 0.4) is 0 Å². The van der Waals surface area contributed by atoms with Crippen molar-refractivity contribution >= 4 is 17.8 Å². The summed E-state index contributed by atoms with van der Waals surface area (Å²) in [5.74, 6) is -2.43. The predicted molar refractivity (Wildman–Crippen MR) is 57.4 cm³/mol. The standard InChI is InChI=1S/C11H9NO5/c12-9(13)5-6-10(14)17-8-3-1-7(2-4-8)11(15)16/h1-6H,(H2,12,13)(H,15,16). The van der Waals surface area contributed by atoms with Crippen molar-refractivity contribution in [1.82, 2.24) is 0 Å². The minimum Gasteiger partial charge on any atom is -0.478 e. The molecule has 88 valence electrons. The lowest BCUT2D eigenvalue weighted by Gasteiger charge is -2.01. The highest BCUT2D eigenvalue weighted by Gasteiger charge is 2.04. The molecule has 0 saturated carbocycles. The maximum Gasteiger partial charge on any atom is 0.336 e. The Morgan fingerprint density at radius 1 is 1.12 bits per heavy atom. The van der Waals surface area contributed by atoms with Crippen LogP contribution in [0.5, 0.6) is 5.75 Å². The molecule has 1 amide bonds. The molecule has 0 aliphatic rings. The van der Waals surface area contributed by atoms with Gasteiger partial charge in [-0.3, -0.25) is 4.79 Å². The SMILES string of the molecule is NC(=O)C=CC(=O)Oc1ccc(C(=O)O)cc1. The Bertz CT molecular complexity index is 475. The largest absolute Gasteiger partial charge is 0.478 e. The van der Waals surface area contributed by atoms with Gasteiger partial charge in [-0.05, 0) is 24.3 Å². The van der Waals surface area contributed by atoms with Crippen molar-refractivity contribution in [2.24, 2.45) is 5.73 Å². The first-order valence-electron chi connectivity index (χ1n) is 4.51. The lowest BCUT2D eigenvalue weighted by atomic mass is 10.2. The van der Waals surface area contributed by atoms with Gasteiger partial charge in [0.15, 0.2) is 0 Å². The van der Waals surface area contributed by atoms with Gasteiger partial charge in [-0.1, -0.05) is 0 Å². The average molecular weight is 235 g/mol. The van der Waals surface area contributed by atoms with E-state index in [1.54, 1.807) is 0 Å². The highest BCUT2D eigenvalue weighted by Crippen LogP contribution is 2.12. The molecule has 0 spiro atoms. The smallest absolute Gasteiger partial charge is 0.336 e. The first-order chi connectivity index (χ1) is 7.99. The average Bonchev–Trinajstić information content (AvgIpc) is 2.27. The number of hydrogen-bond donors (Lipinski definition) is 2. The number of nitrogens with two attached hydrogens (primary N) is 1. The van der Waals surface area contributed by atoms with Crippen LogP contribution in [0.25, 0.3) is 0 Å². The van der Waals surface area contributed by atoms with Gasteiger partial charge in [0.05, 0.1) is 5.56 Å². The van der Waals surface area contributed by atoms with Gasteiger partial charge >= 0.3 is 11.9 Å². The maximum absolute atomic E-state index is 11.1. The second kappa shape index (κ2) is 5.45. The second-order valence-corrected chi connectivity index (χ2v) is 2.99. The third kappa shape index (κ3) is 4.17. The van der Waals surface area contributed by atoms with E-state index in [0.717, 1.165) is 12.2 Å². The van der Waals surface area contributed by atoms with Crippen molar-refractivity contribution < 1.29 is 24.2 Å². The Balaban J connectivity index is 2.66. The number of carboxylic acids is 1. The molecule has 6 nitrogen and oxygen atoms in total. The van der Waals surface area contributed by atoms with Crippen molar-refractivity contribution in [3.63, 3.8) is 0 Å². The Morgan fingerprint density at radius 3 is 2.18 bits per heavy atom. The number of benzene rings is 1. The number of esters is 1. The third-order valence-electron chi connectivity index (χ3n) is 1.70. The van der Waals surface area contributed by atoms with Gasteiger partial charge in [-0.25, -0.2) is 9.59 Å². The minimum absolute atomic E-state index is 0.0810. The quantitative estimate of drug-likeness (QED) is 0.444. The number of ether oxygens (including phenoxy) is 1. The molecule has 6 heteroatoms. The normalized spacial score (nSPS) is 10.1. The molecule has 0 unspecified atom stereocenters. The molecule has 0 bridgehead atoms. The summed E-state index contributed by atoms with van der Waals surface area (Å²) in [6, 6.07) is 5.25. The van der Waals surface area contributed by atoms with E-state index in [9.17, 15) is 14.4 Å². The van der Waals surface area contributed by atoms with Crippen LogP contribution < -0.4 is 10.5 Å². The van der Waals surface area contributed by atoms with E-state index in [1.807, 2.05) is 0 Å². The van der Waals surface area contributed by atoms with Gasteiger partial charge in [-0.2, -0.15) is 0 Å². The van der Waals surface area contributed by atoms with Gasteiger partial charge in [0.2, 0.25) is 5.91 Å². The fourth-order valence-electron chi connectivity index (χ4n) is 0.966. The third-order valence-corrected chi connectivity index (χ3v) is 1.70. The van der Waals surface area contributed by atoms with E-state index in [1.165, 1.54) is 24.3 Å². The fraction of sp³-hybridized carbons (Fsp3) is 0. The van der Waals surface area contributed by atoms with E-state index < -0.39 is 17.8 Å². The van der Waals surface area contributed by atoms with Gasteiger partial charge in [0.25, 0.3) is 0 Å². The summed E-state index contributed by atoms with van der Waals surface area (Å²) in [6.07, 6.45) is 1.75. The lowest BCUT2D eigenvalue weighted by molar-refractivity contribution is -0.129.